The van der Waals surface area contributed by atoms with Gasteiger partial charge in [-0.2, -0.15) is 0 Å². The third kappa shape index (κ3) is 4.93. The molecule has 0 saturated carbocycles. The highest BCUT2D eigenvalue weighted by Gasteiger charge is 2.05. The largest absolute Gasteiger partial charge is 0.468 e. The second-order valence-corrected chi connectivity index (χ2v) is 6.05. The lowest BCUT2D eigenvalue weighted by Gasteiger charge is -2.08. The predicted molar refractivity (Wildman–Crippen MR) is 96.5 cm³/mol. The minimum Gasteiger partial charge on any atom is -0.468 e. The summed E-state index contributed by atoms with van der Waals surface area (Å²) in [4.78, 5) is 11.9. The molecule has 1 N–H and O–H groups in total. The number of ether oxygens (including phenoxy) is 1. The number of anilines is 1. The third-order valence-corrected chi connectivity index (χ3v) is 4.13. The Balaban J connectivity index is 1.46. The number of benzene rings is 2. The lowest BCUT2D eigenvalue weighted by atomic mass is 10.3. The molecule has 0 saturated heterocycles. The number of thioether (sulfide) groups is 1. The molecule has 3 rings (SSSR count). The molecule has 0 atom stereocenters. The SMILES string of the molecule is O=C(CSCc1ccco1)Nc1ccc(Oc2ccccc2)cc1. The van der Waals surface area contributed by atoms with Gasteiger partial charge in [0.25, 0.3) is 0 Å². The van der Waals surface area contributed by atoms with Gasteiger partial charge in [0.15, 0.2) is 0 Å². The number of amides is 1. The maximum Gasteiger partial charge on any atom is 0.234 e. The molecule has 122 valence electrons. The van der Waals surface area contributed by atoms with Gasteiger partial charge in [0.2, 0.25) is 5.91 Å². The molecule has 0 bridgehead atoms. The Morgan fingerprint density at radius 3 is 2.42 bits per heavy atom. The third-order valence-electron chi connectivity index (χ3n) is 3.17. The van der Waals surface area contributed by atoms with E-state index in [1.807, 2.05) is 66.7 Å². The summed E-state index contributed by atoms with van der Waals surface area (Å²) >= 11 is 1.51. The van der Waals surface area contributed by atoms with Crippen molar-refractivity contribution < 1.29 is 13.9 Å². The van der Waals surface area contributed by atoms with Gasteiger partial charge in [-0.1, -0.05) is 18.2 Å². The van der Waals surface area contributed by atoms with Crippen molar-refractivity contribution in [2.45, 2.75) is 5.75 Å². The molecule has 1 heterocycles. The van der Waals surface area contributed by atoms with Crippen molar-refractivity contribution in [1.29, 1.82) is 0 Å². The van der Waals surface area contributed by atoms with Gasteiger partial charge in [-0.3, -0.25) is 4.79 Å². The average molecular weight is 339 g/mol. The van der Waals surface area contributed by atoms with E-state index in [-0.39, 0.29) is 5.91 Å². The molecular formula is C19H17NO3S. The number of furan rings is 1. The lowest BCUT2D eigenvalue weighted by Crippen LogP contribution is -2.14. The van der Waals surface area contributed by atoms with E-state index in [0.29, 0.717) is 11.5 Å². The normalized spacial score (nSPS) is 10.3. The van der Waals surface area contributed by atoms with Gasteiger partial charge in [0.1, 0.15) is 17.3 Å². The molecule has 1 amide bonds. The van der Waals surface area contributed by atoms with Gasteiger partial charge in [-0.25, -0.2) is 0 Å². The first-order valence-electron chi connectivity index (χ1n) is 7.52. The fourth-order valence-electron chi connectivity index (χ4n) is 2.07. The van der Waals surface area contributed by atoms with E-state index in [1.54, 1.807) is 6.26 Å². The lowest BCUT2D eigenvalue weighted by molar-refractivity contribution is -0.113. The standard InChI is InChI=1S/C19H17NO3S/c21-19(14-24-13-18-7-4-12-22-18)20-15-8-10-17(11-9-15)23-16-5-2-1-3-6-16/h1-12H,13-14H2,(H,20,21). The number of para-hydroxylation sites is 1. The number of hydrogen-bond acceptors (Lipinski definition) is 4. The Kier molecular flexibility index (Phi) is 5.58. The van der Waals surface area contributed by atoms with Crippen LogP contribution in [0.25, 0.3) is 0 Å². The van der Waals surface area contributed by atoms with Crippen LogP contribution in [-0.2, 0) is 10.5 Å². The van der Waals surface area contributed by atoms with Gasteiger partial charge in [0.05, 0.1) is 17.8 Å². The number of hydrogen-bond donors (Lipinski definition) is 1. The van der Waals surface area contributed by atoms with Crippen LogP contribution in [0.15, 0.2) is 77.4 Å². The molecular weight excluding hydrogens is 322 g/mol. The summed E-state index contributed by atoms with van der Waals surface area (Å²) in [6.45, 7) is 0. The molecule has 0 aliphatic heterocycles. The van der Waals surface area contributed by atoms with Crippen molar-refractivity contribution in [2.75, 3.05) is 11.1 Å². The van der Waals surface area contributed by atoms with Crippen molar-refractivity contribution in [3.8, 4) is 11.5 Å². The summed E-state index contributed by atoms with van der Waals surface area (Å²) in [5.41, 5.74) is 0.749. The van der Waals surface area contributed by atoms with Crippen molar-refractivity contribution in [1.82, 2.24) is 0 Å². The summed E-state index contributed by atoms with van der Waals surface area (Å²) in [5.74, 6) is 3.40. The fraction of sp³-hybridized carbons (Fsp3) is 0.105. The first kappa shape index (κ1) is 16.2. The monoisotopic (exact) mass is 339 g/mol. The molecule has 4 nitrogen and oxygen atoms in total. The maximum atomic E-state index is 11.9. The summed E-state index contributed by atoms with van der Waals surface area (Å²) in [6.07, 6.45) is 1.63. The van der Waals surface area contributed by atoms with Crippen LogP contribution in [0, 0.1) is 0 Å². The molecule has 0 spiro atoms. The quantitative estimate of drug-likeness (QED) is 0.662. The fourth-order valence-corrected chi connectivity index (χ4v) is 2.79. The topological polar surface area (TPSA) is 51.5 Å². The Morgan fingerprint density at radius 2 is 1.71 bits per heavy atom. The second-order valence-electron chi connectivity index (χ2n) is 5.06. The highest BCUT2D eigenvalue weighted by Crippen LogP contribution is 2.22. The molecule has 0 unspecified atom stereocenters. The Morgan fingerprint density at radius 1 is 0.958 bits per heavy atom. The Bertz CT molecular complexity index is 755. The van der Waals surface area contributed by atoms with Crippen molar-refractivity contribution in [3.05, 3.63) is 78.8 Å². The molecule has 0 aliphatic carbocycles. The van der Waals surface area contributed by atoms with E-state index in [2.05, 4.69) is 5.32 Å². The molecule has 5 heteroatoms. The highest BCUT2D eigenvalue weighted by atomic mass is 32.2. The van der Waals surface area contributed by atoms with Crippen LogP contribution in [0.5, 0.6) is 11.5 Å². The zero-order chi connectivity index (χ0) is 16.6. The zero-order valence-electron chi connectivity index (χ0n) is 13.0. The second kappa shape index (κ2) is 8.26. The average Bonchev–Trinajstić information content (AvgIpc) is 3.11. The van der Waals surface area contributed by atoms with E-state index in [4.69, 9.17) is 9.15 Å². The van der Waals surface area contributed by atoms with E-state index >= 15 is 0 Å². The molecule has 0 radical (unpaired) electrons. The highest BCUT2D eigenvalue weighted by molar-refractivity contribution is 7.99. The van der Waals surface area contributed by atoms with Crippen LogP contribution in [0.3, 0.4) is 0 Å². The van der Waals surface area contributed by atoms with Crippen LogP contribution in [0.1, 0.15) is 5.76 Å². The van der Waals surface area contributed by atoms with Crippen molar-refractivity contribution >= 4 is 23.4 Å². The Labute approximate surface area is 144 Å². The zero-order valence-corrected chi connectivity index (χ0v) is 13.8. The van der Waals surface area contributed by atoms with Crippen LogP contribution in [-0.4, -0.2) is 11.7 Å². The number of carbonyl (C=O) groups excluding carboxylic acids is 1. The number of carbonyl (C=O) groups is 1. The number of nitrogens with one attached hydrogen (secondary N) is 1. The summed E-state index contributed by atoms with van der Waals surface area (Å²) in [5, 5.41) is 2.87. The minimum absolute atomic E-state index is 0.0386. The molecule has 24 heavy (non-hydrogen) atoms. The number of rotatable bonds is 7. The summed E-state index contributed by atoms with van der Waals surface area (Å²) < 4.78 is 10.9. The molecule has 1 aromatic heterocycles. The molecule has 0 fully saturated rings. The van der Waals surface area contributed by atoms with E-state index in [0.717, 1.165) is 22.9 Å². The van der Waals surface area contributed by atoms with E-state index in [1.165, 1.54) is 11.8 Å². The van der Waals surface area contributed by atoms with Crippen LogP contribution in [0.2, 0.25) is 0 Å². The van der Waals surface area contributed by atoms with Crippen molar-refractivity contribution in [2.24, 2.45) is 0 Å². The first-order chi connectivity index (χ1) is 11.8. The van der Waals surface area contributed by atoms with Gasteiger partial charge in [-0.15, -0.1) is 11.8 Å². The first-order valence-corrected chi connectivity index (χ1v) is 8.68. The van der Waals surface area contributed by atoms with Gasteiger partial charge < -0.3 is 14.5 Å². The molecule has 2 aromatic carbocycles. The van der Waals surface area contributed by atoms with E-state index in [9.17, 15) is 4.79 Å². The Hall–Kier alpha value is -2.66. The summed E-state index contributed by atoms with van der Waals surface area (Å²) in [7, 11) is 0. The smallest absolute Gasteiger partial charge is 0.234 e. The van der Waals surface area contributed by atoms with Crippen LogP contribution >= 0.6 is 11.8 Å². The van der Waals surface area contributed by atoms with Gasteiger partial charge >= 0.3 is 0 Å². The summed E-state index contributed by atoms with van der Waals surface area (Å²) in [6, 6.07) is 20.6. The minimum atomic E-state index is -0.0386. The molecule has 3 aromatic rings. The van der Waals surface area contributed by atoms with Crippen molar-refractivity contribution in [3.63, 3.8) is 0 Å². The van der Waals surface area contributed by atoms with Crippen LogP contribution < -0.4 is 10.1 Å². The van der Waals surface area contributed by atoms with Crippen LogP contribution in [0.4, 0.5) is 5.69 Å². The van der Waals surface area contributed by atoms with Gasteiger partial charge in [-0.05, 0) is 48.5 Å². The maximum absolute atomic E-state index is 11.9. The molecule has 0 aliphatic rings. The van der Waals surface area contributed by atoms with Gasteiger partial charge in [0, 0.05) is 5.69 Å². The van der Waals surface area contributed by atoms with E-state index < -0.39 is 0 Å². The predicted octanol–water partition coefficient (Wildman–Crippen LogP) is 4.94.